The standard InChI is InChI=1S/C13H17Cl2NO4S/c1-4-7(2)8(3)16-21(19,20)10-6-5-9(14)11(12(10)15)13(17)18/h5-8,16H,4H2,1-3H3,(H,17,18). The van der Waals surface area contributed by atoms with Gasteiger partial charge in [-0.15, -0.1) is 0 Å². The lowest BCUT2D eigenvalue weighted by Crippen LogP contribution is -2.37. The predicted octanol–water partition coefficient (Wildman–Crippen LogP) is 3.40. The second kappa shape index (κ2) is 6.96. The molecule has 1 rings (SSSR count). The molecule has 5 nitrogen and oxygen atoms in total. The van der Waals surface area contributed by atoms with E-state index in [1.807, 2.05) is 13.8 Å². The maximum Gasteiger partial charge on any atom is 0.338 e. The molecule has 0 aromatic heterocycles. The zero-order valence-corrected chi connectivity index (χ0v) is 14.2. The Morgan fingerprint density at radius 3 is 2.38 bits per heavy atom. The van der Waals surface area contributed by atoms with E-state index in [4.69, 9.17) is 28.3 Å². The number of sulfonamides is 1. The monoisotopic (exact) mass is 353 g/mol. The molecule has 0 spiro atoms. The van der Waals surface area contributed by atoms with Gasteiger partial charge in [0, 0.05) is 6.04 Å². The van der Waals surface area contributed by atoms with Crippen LogP contribution in [0.1, 0.15) is 37.6 Å². The third-order valence-corrected chi connectivity index (χ3v) is 5.82. The molecule has 0 fully saturated rings. The molecule has 1 aromatic carbocycles. The molecule has 0 aliphatic carbocycles. The largest absolute Gasteiger partial charge is 0.478 e. The fourth-order valence-electron chi connectivity index (χ4n) is 1.71. The molecule has 0 amide bonds. The number of rotatable bonds is 6. The van der Waals surface area contributed by atoms with Gasteiger partial charge in [0.2, 0.25) is 10.0 Å². The first-order valence-corrected chi connectivity index (χ1v) is 8.59. The van der Waals surface area contributed by atoms with Crippen molar-refractivity contribution in [3.8, 4) is 0 Å². The minimum atomic E-state index is -3.92. The molecular weight excluding hydrogens is 337 g/mol. The Labute approximate surface area is 134 Å². The Bertz CT molecular complexity index is 646. The Balaban J connectivity index is 3.27. The van der Waals surface area contributed by atoms with Crippen molar-refractivity contribution in [2.75, 3.05) is 0 Å². The quantitative estimate of drug-likeness (QED) is 0.820. The number of benzene rings is 1. The number of nitrogens with one attached hydrogen (secondary N) is 1. The van der Waals surface area contributed by atoms with E-state index in [9.17, 15) is 13.2 Å². The minimum absolute atomic E-state index is 0.110. The van der Waals surface area contributed by atoms with Crippen LogP contribution in [0.4, 0.5) is 0 Å². The van der Waals surface area contributed by atoms with Crippen molar-refractivity contribution < 1.29 is 18.3 Å². The SMILES string of the molecule is CCC(C)C(C)NS(=O)(=O)c1ccc(Cl)c(C(=O)O)c1Cl. The highest BCUT2D eigenvalue weighted by atomic mass is 35.5. The molecule has 118 valence electrons. The van der Waals surface area contributed by atoms with Crippen LogP contribution < -0.4 is 4.72 Å². The highest BCUT2D eigenvalue weighted by Gasteiger charge is 2.26. The number of carbonyl (C=O) groups is 1. The predicted molar refractivity (Wildman–Crippen MR) is 82.7 cm³/mol. The summed E-state index contributed by atoms with van der Waals surface area (Å²) in [7, 11) is -3.92. The molecule has 21 heavy (non-hydrogen) atoms. The molecule has 0 saturated carbocycles. The van der Waals surface area contributed by atoms with Crippen LogP contribution in [0.15, 0.2) is 17.0 Å². The van der Waals surface area contributed by atoms with Gasteiger partial charge in [0.1, 0.15) is 4.90 Å². The van der Waals surface area contributed by atoms with Crippen LogP contribution in [0.25, 0.3) is 0 Å². The van der Waals surface area contributed by atoms with Gasteiger partial charge >= 0.3 is 5.97 Å². The molecule has 0 heterocycles. The third-order valence-electron chi connectivity index (χ3n) is 3.40. The van der Waals surface area contributed by atoms with Crippen molar-refractivity contribution in [1.29, 1.82) is 0 Å². The van der Waals surface area contributed by atoms with E-state index in [2.05, 4.69) is 4.72 Å². The van der Waals surface area contributed by atoms with E-state index in [1.54, 1.807) is 6.92 Å². The molecule has 1 aromatic rings. The van der Waals surface area contributed by atoms with Gasteiger partial charge in [-0.25, -0.2) is 17.9 Å². The van der Waals surface area contributed by atoms with Crippen LogP contribution in [-0.2, 0) is 10.0 Å². The molecule has 2 atom stereocenters. The first-order chi connectivity index (χ1) is 9.61. The summed E-state index contributed by atoms with van der Waals surface area (Å²) in [5, 5.41) is 8.56. The molecule has 0 saturated heterocycles. The molecular formula is C13H17Cl2NO4S. The molecule has 0 bridgehead atoms. The van der Waals surface area contributed by atoms with Crippen molar-refractivity contribution in [2.45, 2.75) is 38.1 Å². The maximum atomic E-state index is 12.3. The van der Waals surface area contributed by atoms with Gasteiger partial charge in [0.15, 0.2) is 0 Å². The number of carboxylic acid groups (broad SMARTS) is 1. The van der Waals surface area contributed by atoms with Gasteiger partial charge in [0.05, 0.1) is 15.6 Å². The lowest BCUT2D eigenvalue weighted by atomic mass is 10.0. The van der Waals surface area contributed by atoms with Crippen LogP contribution in [-0.4, -0.2) is 25.5 Å². The number of aromatic carboxylic acids is 1. The third kappa shape index (κ3) is 4.10. The zero-order chi connectivity index (χ0) is 16.4. The van der Waals surface area contributed by atoms with Gasteiger partial charge in [0.25, 0.3) is 0 Å². The fourth-order valence-corrected chi connectivity index (χ4v) is 3.99. The first-order valence-electron chi connectivity index (χ1n) is 6.35. The van der Waals surface area contributed by atoms with E-state index < -0.39 is 21.6 Å². The highest BCUT2D eigenvalue weighted by molar-refractivity contribution is 7.89. The summed E-state index contributed by atoms with van der Waals surface area (Å²) in [6.07, 6.45) is 0.804. The van der Waals surface area contributed by atoms with E-state index in [0.29, 0.717) is 0 Å². The van der Waals surface area contributed by atoms with Crippen LogP contribution in [0.5, 0.6) is 0 Å². The van der Waals surface area contributed by atoms with E-state index in [-0.39, 0.29) is 26.9 Å². The molecule has 2 N–H and O–H groups in total. The van der Waals surface area contributed by atoms with E-state index in [1.165, 1.54) is 12.1 Å². The highest BCUT2D eigenvalue weighted by Crippen LogP contribution is 2.31. The average molecular weight is 354 g/mol. The second-order valence-electron chi connectivity index (χ2n) is 4.84. The van der Waals surface area contributed by atoms with Gasteiger partial charge in [-0.2, -0.15) is 0 Å². The Hall–Kier alpha value is -0.820. The summed E-state index contributed by atoms with van der Waals surface area (Å²) in [6.45, 7) is 5.61. The van der Waals surface area contributed by atoms with Gasteiger partial charge in [-0.3, -0.25) is 0 Å². The number of hydrogen-bond donors (Lipinski definition) is 2. The van der Waals surface area contributed by atoms with Crippen molar-refractivity contribution in [3.63, 3.8) is 0 Å². The summed E-state index contributed by atoms with van der Waals surface area (Å²) in [5.74, 6) is -1.25. The number of hydrogen-bond acceptors (Lipinski definition) is 3. The van der Waals surface area contributed by atoms with Crippen molar-refractivity contribution in [2.24, 2.45) is 5.92 Å². The topological polar surface area (TPSA) is 83.5 Å². The summed E-state index contributed by atoms with van der Waals surface area (Å²) in [5.41, 5.74) is -0.419. The average Bonchev–Trinajstić information content (AvgIpc) is 2.36. The smallest absolute Gasteiger partial charge is 0.338 e. The zero-order valence-electron chi connectivity index (χ0n) is 11.9. The van der Waals surface area contributed by atoms with Crippen molar-refractivity contribution >= 4 is 39.2 Å². The molecule has 8 heteroatoms. The molecule has 2 unspecified atom stereocenters. The van der Waals surface area contributed by atoms with E-state index >= 15 is 0 Å². The number of carboxylic acids is 1. The normalized spacial score (nSPS) is 14.7. The summed E-state index contributed by atoms with van der Waals surface area (Å²) >= 11 is 11.7. The Morgan fingerprint density at radius 2 is 1.90 bits per heavy atom. The summed E-state index contributed by atoms with van der Waals surface area (Å²) in [6, 6.07) is 2.10. The second-order valence-corrected chi connectivity index (χ2v) is 7.30. The summed E-state index contributed by atoms with van der Waals surface area (Å²) < 4.78 is 27.2. The fraction of sp³-hybridized carbons (Fsp3) is 0.462. The lowest BCUT2D eigenvalue weighted by Gasteiger charge is -2.20. The lowest BCUT2D eigenvalue weighted by molar-refractivity contribution is 0.0697. The van der Waals surface area contributed by atoms with Crippen LogP contribution >= 0.6 is 23.2 Å². The number of halogens is 2. The van der Waals surface area contributed by atoms with Crippen LogP contribution in [0, 0.1) is 5.92 Å². The van der Waals surface area contributed by atoms with Gasteiger partial charge in [-0.1, -0.05) is 43.5 Å². The first kappa shape index (κ1) is 18.2. The van der Waals surface area contributed by atoms with Gasteiger partial charge in [-0.05, 0) is 25.0 Å². The summed E-state index contributed by atoms with van der Waals surface area (Å²) in [4.78, 5) is 10.8. The molecule has 0 aliphatic heterocycles. The Morgan fingerprint density at radius 1 is 1.33 bits per heavy atom. The molecule has 0 radical (unpaired) electrons. The minimum Gasteiger partial charge on any atom is -0.478 e. The van der Waals surface area contributed by atoms with Gasteiger partial charge < -0.3 is 5.11 Å². The maximum absolute atomic E-state index is 12.3. The van der Waals surface area contributed by atoms with Crippen LogP contribution in [0.2, 0.25) is 10.0 Å². The Kier molecular flexibility index (Phi) is 6.04. The van der Waals surface area contributed by atoms with Crippen LogP contribution in [0.3, 0.4) is 0 Å². The van der Waals surface area contributed by atoms with E-state index in [0.717, 1.165) is 6.42 Å². The molecule has 0 aliphatic rings. The van der Waals surface area contributed by atoms with Crippen molar-refractivity contribution in [1.82, 2.24) is 4.72 Å². The van der Waals surface area contributed by atoms with Crippen molar-refractivity contribution in [3.05, 3.63) is 27.7 Å².